The van der Waals surface area contributed by atoms with E-state index in [0.29, 0.717) is 5.56 Å². The molecule has 0 aliphatic carbocycles. The molecule has 1 aliphatic heterocycles. The molecule has 3 rings (SSSR count). The number of benzene rings is 2. The van der Waals surface area contributed by atoms with Crippen molar-refractivity contribution >= 4 is 11.4 Å². The van der Waals surface area contributed by atoms with Crippen molar-refractivity contribution in [1.82, 2.24) is 4.90 Å². The molecule has 136 valence electrons. The minimum Gasteiger partial charge on any atom is -0.495 e. The summed E-state index contributed by atoms with van der Waals surface area (Å²) in [6.07, 6.45) is 0. The molecule has 0 radical (unpaired) electrons. The number of rotatable bonds is 6. The van der Waals surface area contributed by atoms with E-state index in [4.69, 9.17) is 10.00 Å². The maximum absolute atomic E-state index is 9.04. The molecule has 5 heteroatoms. The second-order valence-corrected chi connectivity index (χ2v) is 6.58. The van der Waals surface area contributed by atoms with Crippen LogP contribution in [0.1, 0.15) is 5.56 Å². The molecule has 1 saturated heterocycles. The monoisotopic (exact) mass is 350 g/mol. The maximum Gasteiger partial charge on any atom is 0.142 e. The summed E-state index contributed by atoms with van der Waals surface area (Å²) >= 11 is 0. The number of anilines is 2. The van der Waals surface area contributed by atoms with Crippen molar-refractivity contribution in [3.8, 4) is 11.8 Å². The predicted molar refractivity (Wildman–Crippen MR) is 106 cm³/mol. The molecule has 0 spiro atoms. The Kier molecular flexibility index (Phi) is 5.98. The Morgan fingerprint density at radius 3 is 2.58 bits per heavy atom. The highest BCUT2D eigenvalue weighted by Gasteiger charge is 2.19. The van der Waals surface area contributed by atoms with Crippen LogP contribution in [0.15, 0.2) is 48.5 Å². The maximum atomic E-state index is 9.04. The van der Waals surface area contributed by atoms with Gasteiger partial charge in [0.05, 0.1) is 24.4 Å². The van der Waals surface area contributed by atoms with E-state index >= 15 is 0 Å². The SMILES string of the molecule is COc1ccccc1N1CCN(CCN(C)c2cccc(C#N)c2)CC1. The Morgan fingerprint density at radius 2 is 1.85 bits per heavy atom. The fourth-order valence-corrected chi connectivity index (χ4v) is 3.34. The highest BCUT2D eigenvalue weighted by molar-refractivity contribution is 5.58. The summed E-state index contributed by atoms with van der Waals surface area (Å²) < 4.78 is 5.49. The summed E-state index contributed by atoms with van der Waals surface area (Å²) in [6.45, 7) is 6.08. The number of methoxy groups -OCH3 is 1. The zero-order valence-corrected chi connectivity index (χ0v) is 15.6. The number of para-hydroxylation sites is 2. The fraction of sp³-hybridized carbons (Fsp3) is 0.381. The van der Waals surface area contributed by atoms with Gasteiger partial charge in [-0.25, -0.2) is 0 Å². The Bertz CT molecular complexity index is 763. The van der Waals surface area contributed by atoms with E-state index in [1.54, 1.807) is 7.11 Å². The van der Waals surface area contributed by atoms with Gasteiger partial charge in [-0.3, -0.25) is 4.90 Å². The number of likely N-dealkylation sites (N-methyl/N-ethyl adjacent to an activating group) is 1. The van der Waals surface area contributed by atoms with Crippen LogP contribution in [0.25, 0.3) is 0 Å². The normalized spacial score (nSPS) is 14.7. The summed E-state index contributed by atoms with van der Waals surface area (Å²) in [7, 11) is 3.81. The Morgan fingerprint density at radius 1 is 1.08 bits per heavy atom. The van der Waals surface area contributed by atoms with Crippen LogP contribution in [0, 0.1) is 11.3 Å². The van der Waals surface area contributed by atoms with Gasteiger partial charge in [0.2, 0.25) is 0 Å². The molecule has 5 nitrogen and oxygen atoms in total. The van der Waals surface area contributed by atoms with Crippen LogP contribution in [0.3, 0.4) is 0 Å². The number of hydrogen-bond donors (Lipinski definition) is 0. The van der Waals surface area contributed by atoms with Gasteiger partial charge in [0, 0.05) is 52.0 Å². The Balaban J connectivity index is 1.50. The summed E-state index contributed by atoms with van der Waals surface area (Å²) in [5, 5.41) is 9.04. The smallest absolute Gasteiger partial charge is 0.142 e. The van der Waals surface area contributed by atoms with Gasteiger partial charge in [0.1, 0.15) is 5.75 Å². The van der Waals surface area contributed by atoms with Crippen molar-refractivity contribution < 1.29 is 4.74 Å². The average molecular weight is 350 g/mol. The van der Waals surface area contributed by atoms with Crippen molar-refractivity contribution in [3.63, 3.8) is 0 Å². The van der Waals surface area contributed by atoms with Crippen molar-refractivity contribution in [1.29, 1.82) is 5.26 Å². The molecular formula is C21H26N4O. The van der Waals surface area contributed by atoms with Gasteiger partial charge in [-0.1, -0.05) is 18.2 Å². The number of nitrogens with zero attached hydrogens (tertiary/aromatic N) is 4. The lowest BCUT2D eigenvalue weighted by molar-refractivity contribution is 0.263. The summed E-state index contributed by atoms with van der Waals surface area (Å²) in [5.74, 6) is 0.943. The average Bonchev–Trinajstić information content (AvgIpc) is 2.72. The molecule has 1 heterocycles. The van der Waals surface area contributed by atoms with Crippen LogP contribution in [0.2, 0.25) is 0 Å². The van der Waals surface area contributed by atoms with Gasteiger partial charge in [-0.15, -0.1) is 0 Å². The lowest BCUT2D eigenvalue weighted by atomic mass is 10.2. The number of nitriles is 1. The Labute approximate surface area is 156 Å². The van der Waals surface area contributed by atoms with Crippen LogP contribution in [0.4, 0.5) is 11.4 Å². The van der Waals surface area contributed by atoms with Gasteiger partial charge in [-0.2, -0.15) is 5.26 Å². The summed E-state index contributed by atoms with van der Waals surface area (Å²) in [4.78, 5) is 7.11. The topological polar surface area (TPSA) is 42.7 Å². The van der Waals surface area contributed by atoms with Gasteiger partial charge in [-0.05, 0) is 30.3 Å². The molecule has 1 fully saturated rings. The minimum absolute atomic E-state index is 0.708. The molecule has 1 aliphatic rings. The highest BCUT2D eigenvalue weighted by atomic mass is 16.5. The van der Waals surface area contributed by atoms with Crippen LogP contribution in [0.5, 0.6) is 5.75 Å². The van der Waals surface area contributed by atoms with E-state index < -0.39 is 0 Å². The third kappa shape index (κ3) is 4.27. The van der Waals surface area contributed by atoms with E-state index in [9.17, 15) is 0 Å². The largest absolute Gasteiger partial charge is 0.495 e. The molecular weight excluding hydrogens is 324 g/mol. The first-order chi connectivity index (χ1) is 12.7. The zero-order chi connectivity index (χ0) is 18.4. The standard InChI is InChI=1S/C21H26N4O/c1-23(19-7-5-6-18(16-19)17-22)10-11-24-12-14-25(15-13-24)20-8-3-4-9-21(20)26-2/h3-9,16H,10-15H2,1-2H3. The van der Waals surface area contributed by atoms with Crippen LogP contribution >= 0.6 is 0 Å². The Hall–Kier alpha value is -2.71. The molecule has 0 bridgehead atoms. The van der Waals surface area contributed by atoms with Crippen molar-refractivity contribution in [2.45, 2.75) is 0 Å². The number of hydrogen-bond acceptors (Lipinski definition) is 5. The quantitative estimate of drug-likeness (QED) is 0.801. The van der Waals surface area contributed by atoms with Gasteiger partial charge in [0.25, 0.3) is 0 Å². The van der Waals surface area contributed by atoms with E-state index in [1.807, 2.05) is 30.3 Å². The third-order valence-electron chi connectivity index (χ3n) is 4.97. The molecule has 0 unspecified atom stereocenters. The molecule has 0 amide bonds. The third-order valence-corrected chi connectivity index (χ3v) is 4.97. The number of piperazine rings is 1. The molecule has 0 N–H and O–H groups in total. The molecule has 26 heavy (non-hydrogen) atoms. The first kappa shape index (κ1) is 18.1. The lowest BCUT2D eigenvalue weighted by Crippen LogP contribution is -2.48. The van der Waals surface area contributed by atoms with Gasteiger partial charge in [0.15, 0.2) is 0 Å². The number of ether oxygens (including phenoxy) is 1. The van der Waals surface area contributed by atoms with Gasteiger partial charge >= 0.3 is 0 Å². The van der Waals surface area contributed by atoms with E-state index in [-0.39, 0.29) is 0 Å². The van der Waals surface area contributed by atoms with E-state index in [2.05, 4.69) is 46.0 Å². The van der Waals surface area contributed by atoms with Crippen molar-refractivity contribution in [2.75, 3.05) is 63.2 Å². The van der Waals surface area contributed by atoms with Crippen molar-refractivity contribution in [3.05, 3.63) is 54.1 Å². The van der Waals surface area contributed by atoms with E-state index in [1.165, 1.54) is 5.69 Å². The molecule has 2 aromatic carbocycles. The highest BCUT2D eigenvalue weighted by Crippen LogP contribution is 2.28. The molecule has 2 aromatic rings. The second-order valence-electron chi connectivity index (χ2n) is 6.58. The van der Waals surface area contributed by atoms with Gasteiger partial charge < -0.3 is 14.5 Å². The molecule has 0 saturated carbocycles. The summed E-state index contributed by atoms with van der Waals surface area (Å²) in [5.41, 5.74) is 2.98. The first-order valence-corrected chi connectivity index (χ1v) is 9.03. The van der Waals surface area contributed by atoms with Crippen molar-refractivity contribution in [2.24, 2.45) is 0 Å². The fourth-order valence-electron chi connectivity index (χ4n) is 3.34. The second kappa shape index (κ2) is 8.59. The first-order valence-electron chi connectivity index (χ1n) is 9.03. The van der Waals surface area contributed by atoms with Crippen LogP contribution < -0.4 is 14.5 Å². The molecule has 0 atom stereocenters. The minimum atomic E-state index is 0.708. The molecule has 0 aromatic heterocycles. The summed E-state index contributed by atoms with van der Waals surface area (Å²) in [6, 6.07) is 18.2. The van der Waals surface area contributed by atoms with E-state index in [0.717, 1.165) is 50.7 Å². The predicted octanol–water partition coefficient (Wildman–Crippen LogP) is 2.83. The van der Waals surface area contributed by atoms with Crippen LogP contribution in [-0.4, -0.2) is 58.3 Å². The zero-order valence-electron chi connectivity index (χ0n) is 15.6. The van der Waals surface area contributed by atoms with Crippen LogP contribution in [-0.2, 0) is 0 Å². The lowest BCUT2D eigenvalue weighted by Gasteiger charge is -2.37.